The van der Waals surface area contributed by atoms with Gasteiger partial charge in [0.05, 0.1) is 12.1 Å². The van der Waals surface area contributed by atoms with E-state index >= 15 is 0 Å². The number of hydrogen-bond acceptors (Lipinski definition) is 5. The quantitative estimate of drug-likeness (QED) is 0.283. The molecule has 5 aromatic rings. The Morgan fingerprint density at radius 1 is 0.879 bits per heavy atom. The van der Waals surface area contributed by atoms with Crippen molar-refractivity contribution in [2.75, 3.05) is 6.61 Å². The highest BCUT2D eigenvalue weighted by Gasteiger charge is 2.18. The van der Waals surface area contributed by atoms with Crippen LogP contribution in [0.3, 0.4) is 0 Å². The molecule has 0 spiro atoms. The fraction of sp³-hybridized carbons (Fsp3) is 0.148. The maximum absolute atomic E-state index is 12.9. The molecule has 0 aliphatic heterocycles. The van der Waals surface area contributed by atoms with Crippen LogP contribution in [0.25, 0.3) is 33.5 Å². The summed E-state index contributed by atoms with van der Waals surface area (Å²) >= 11 is 0. The van der Waals surface area contributed by atoms with E-state index in [1.807, 2.05) is 54.6 Å². The second-order valence-electron chi connectivity index (χ2n) is 7.76. The summed E-state index contributed by atoms with van der Waals surface area (Å²) in [6, 6.07) is 26.9. The van der Waals surface area contributed by atoms with Gasteiger partial charge in [-0.2, -0.15) is 4.68 Å². The van der Waals surface area contributed by atoms with Crippen LogP contribution >= 0.6 is 0 Å². The topological polar surface area (TPSA) is 70.2 Å². The van der Waals surface area contributed by atoms with Crippen molar-refractivity contribution in [3.05, 3.63) is 90.7 Å². The van der Waals surface area contributed by atoms with E-state index in [1.54, 1.807) is 18.2 Å². The van der Waals surface area contributed by atoms with Crippen LogP contribution < -0.4 is 4.74 Å². The Morgan fingerprint density at radius 3 is 2.33 bits per heavy atom. The summed E-state index contributed by atoms with van der Waals surface area (Å²) in [6.45, 7) is 2.89. The Bertz CT molecular complexity index is 1380. The summed E-state index contributed by atoms with van der Waals surface area (Å²) < 4.78 is 12.9. The van der Waals surface area contributed by atoms with E-state index in [0.29, 0.717) is 16.8 Å². The average Bonchev–Trinajstić information content (AvgIpc) is 3.52. The molecule has 6 nitrogen and oxygen atoms in total. The van der Waals surface area contributed by atoms with E-state index in [1.165, 1.54) is 4.68 Å². The number of unbranched alkanes of at least 4 members (excludes halogenated alkanes) is 1. The van der Waals surface area contributed by atoms with Crippen LogP contribution in [0.4, 0.5) is 0 Å². The largest absolute Gasteiger partial charge is 0.494 e. The highest BCUT2D eigenvalue weighted by atomic mass is 16.5. The minimum absolute atomic E-state index is 0.211. The van der Waals surface area contributed by atoms with Crippen molar-refractivity contribution in [2.24, 2.45) is 0 Å². The Labute approximate surface area is 191 Å². The summed E-state index contributed by atoms with van der Waals surface area (Å²) in [7, 11) is 0. The minimum atomic E-state index is -0.354. The molecule has 3 aromatic carbocycles. The third-order valence-corrected chi connectivity index (χ3v) is 5.48. The summed E-state index contributed by atoms with van der Waals surface area (Å²) in [5.74, 6) is 1.36. The van der Waals surface area contributed by atoms with Gasteiger partial charge in [0.2, 0.25) is 0 Å². The van der Waals surface area contributed by atoms with Gasteiger partial charge in [0.25, 0.3) is 0 Å². The lowest BCUT2D eigenvalue weighted by Crippen LogP contribution is -2.12. The van der Waals surface area contributed by atoms with Crippen LogP contribution in [0.15, 0.2) is 89.3 Å². The van der Waals surface area contributed by atoms with Crippen LogP contribution in [0.2, 0.25) is 0 Å². The number of fused-ring (bicyclic) bond motifs is 1. The first-order chi connectivity index (χ1) is 16.2. The average molecular weight is 437 g/mol. The second-order valence-corrected chi connectivity index (χ2v) is 7.76. The molecular weight excluding hydrogens is 414 g/mol. The Balaban J connectivity index is 1.31. The van der Waals surface area contributed by atoms with E-state index in [0.717, 1.165) is 41.9 Å². The Kier molecular flexibility index (Phi) is 5.72. The second kappa shape index (κ2) is 9.12. The zero-order valence-electron chi connectivity index (χ0n) is 18.3. The van der Waals surface area contributed by atoms with Crippen molar-refractivity contribution >= 4 is 16.9 Å². The highest BCUT2D eigenvalue weighted by Crippen LogP contribution is 2.28. The molecule has 0 N–H and O–H groups in total. The molecule has 2 heterocycles. The first-order valence-corrected chi connectivity index (χ1v) is 11.0. The van der Waals surface area contributed by atoms with E-state index in [2.05, 4.69) is 29.4 Å². The maximum Gasteiger partial charge on any atom is 0.315 e. The molecule has 0 unspecified atom stereocenters. The molecule has 0 aliphatic carbocycles. The fourth-order valence-electron chi connectivity index (χ4n) is 3.64. The summed E-state index contributed by atoms with van der Waals surface area (Å²) in [6.07, 6.45) is 2.17. The predicted octanol–water partition coefficient (Wildman–Crippen LogP) is 6.23. The number of furan rings is 1. The van der Waals surface area contributed by atoms with Crippen molar-refractivity contribution < 1.29 is 13.9 Å². The smallest absolute Gasteiger partial charge is 0.315 e. The number of rotatable bonds is 7. The number of ether oxygens (including phenoxy) is 1. The molecule has 0 atom stereocenters. The third kappa shape index (κ3) is 4.28. The molecule has 164 valence electrons. The Hall–Kier alpha value is -4.19. The summed E-state index contributed by atoms with van der Waals surface area (Å²) in [5, 5.41) is 8.01. The molecule has 0 radical (unpaired) electrons. The van der Waals surface area contributed by atoms with Gasteiger partial charge in [-0.05, 0) is 53.9 Å². The van der Waals surface area contributed by atoms with Gasteiger partial charge in [-0.3, -0.25) is 4.79 Å². The lowest BCUT2D eigenvalue weighted by molar-refractivity contribution is 0.0921. The molecule has 0 aliphatic rings. The number of hydrogen-bond donors (Lipinski definition) is 0. The molecule has 0 fully saturated rings. The van der Waals surface area contributed by atoms with E-state index < -0.39 is 0 Å². The van der Waals surface area contributed by atoms with Gasteiger partial charge in [-0.25, -0.2) is 0 Å². The third-order valence-electron chi connectivity index (χ3n) is 5.48. The zero-order chi connectivity index (χ0) is 22.6. The van der Waals surface area contributed by atoms with Crippen LogP contribution in [0, 0.1) is 0 Å². The van der Waals surface area contributed by atoms with Gasteiger partial charge in [0.15, 0.2) is 5.76 Å². The van der Waals surface area contributed by atoms with Crippen LogP contribution in [0.1, 0.15) is 30.3 Å². The lowest BCUT2D eigenvalue weighted by atomic mass is 10.0. The van der Waals surface area contributed by atoms with Crippen LogP contribution in [0.5, 0.6) is 5.75 Å². The first kappa shape index (κ1) is 20.7. The number of carbonyl (C=O) groups excluding carboxylic acids is 1. The van der Waals surface area contributed by atoms with E-state index in [4.69, 9.17) is 9.15 Å². The molecule has 0 amide bonds. The molecule has 0 saturated heterocycles. The molecule has 0 bridgehead atoms. The molecule has 0 saturated carbocycles. The number of nitrogens with zero attached hydrogens (tertiary/aromatic N) is 3. The monoisotopic (exact) mass is 437 g/mol. The number of para-hydroxylation sites is 1. The predicted molar refractivity (Wildman–Crippen MR) is 127 cm³/mol. The normalized spacial score (nSPS) is 11.1. The number of benzene rings is 3. The molecule has 6 heteroatoms. The molecular formula is C27H23N3O3. The molecule has 33 heavy (non-hydrogen) atoms. The first-order valence-electron chi connectivity index (χ1n) is 11.0. The van der Waals surface area contributed by atoms with Crippen molar-refractivity contribution in [1.29, 1.82) is 0 Å². The number of aromatic nitrogens is 3. The molecule has 2 aromatic heterocycles. The van der Waals surface area contributed by atoms with Crippen molar-refractivity contribution in [2.45, 2.75) is 19.8 Å². The summed E-state index contributed by atoms with van der Waals surface area (Å²) in [4.78, 5) is 12.9. The van der Waals surface area contributed by atoms with Gasteiger partial charge in [0.1, 0.15) is 17.0 Å². The minimum Gasteiger partial charge on any atom is -0.494 e. The van der Waals surface area contributed by atoms with Gasteiger partial charge < -0.3 is 9.15 Å². The van der Waals surface area contributed by atoms with Crippen molar-refractivity contribution in [3.8, 4) is 28.2 Å². The maximum atomic E-state index is 12.9. The van der Waals surface area contributed by atoms with E-state index in [9.17, 15) is 4.79 Å². The van der Waals surface area contributed by atoms with Crippen molar-refractivity contribution in [1.82, 2.24) is 15.0 Å². The van der Waals surface area contributed by atoms with Gasteiger partial charge in [-0.15, -0.1) is 5.10 Å². The van der Waals surface area contributed by atoms with Crippen molar-refractivity contribution in [3.63, 3.8) is 0 Å². The van der Waals surface area contributed by atoms with Crippen LogP contribution in [-0.2, 0) is 0 Å². The fourth-order valence-corrected chi connectivity index (χ4v) is 3.64. The zero-order valence-corrected chi connectivity index (χ0v) is 18.3. The highest BCUT2D eigenvalue weighted by molar-refractivity contribution is 5.98. The Morgan fingerprint density at radius 2 is 1.58 bits per heavy atom. The van der Waals surface area contributed by atoms with E-state index in [-0.39, 0.29) is 11.7 Å². The van der Waals surface area contributed by atoms with Gasteiger partial charge >= 0.3 is 5.91 Å². The SMILES string of the molecule is CCCCOc1ccc(-c2ccc(-c3ccc(C(=O)n4nnc5ccccc54)o3)cc2)cc1. The number of carbonyl (C=O) groups is 1. The molecule has 5 rings (SSSR count). The lowest BCUT2D eigenvalue weighted by Gasteiger charge is -2.07. The van der Waals surface area contributed by atoms with Gasteiger partial charge in [-0.1, -0.05) is 67.1 Å². The standard InChI is InChI=1S/C27H23N3O3/c1-2-3-18-32-22-14-12-20(13-15-22)19-8-10-21(11-9-19)25-16-17-26(33-25)27(31)30-24-7-5-4-6-23(24)28-29-30/h4-17H,2-3,18H2,1H3. The van der Waals surface area contributed by atoms with Crippen LogP contribution in [-0.4, -0.2) is 27.5 Å². The van der Waals surface area contributed by atoms with Gasteiger partial charge in [0, 0.05) is 5.56 Å². The summed E-state index contributed by atoms with van der Waals surface area (Å²) in [5.41, 5.74) is 4.40.